The lowest BCUT2D eigenvalue weighted by molar-refractivity contribution is -0.117. The minimum atomic E-state index is 0.287. The van der Waals surface area contributed by atoms with Crippen molar-refractivity contribution in [2.45, 2.75) is 46.5 Å². The highest BCUT2D eigenvalue weighted by Gasteiger charge is 1.98. The number of allylic oxidation sites excluding steroid dienone is 7. The zero-order valence-electron chi connectivity index (χ0n) is 12.6. The zero-order chi connectivity index (χ0) is 14.5. The van der Waals surface area contributed by atoms with Crippen molar-refractivity contribution in [3.8, 4) is 0 Å². The molecule has 0 radical (unpaired) electrons. The molecule has 0 aromatic heterocycles. The van der Waals surface area contributed by atoms with E-state index < -0.39 is 0 Å². The lowest BCUT2D eigenvalue weighted by Gasteiger charge is -2.03. The topological polar surface area (TPSA) is 17.1 Å². The summed E-state index contributed by atoms with van der Waals surface area (Å²) < 4.78 is 0. The van der Waals surface area contributed by atoms with Crippen molar-refractivity contribution in [3.63, 3.8) is 0 Å². The van der Waals surface area contributed by atoms with E-state index in [9.17, 15) is 4.79 Å². The third-order valence-corrected chi connectivity index (χ3v) is 2.94. The van der Waals surface area contributed by atoms with Crippen LogP contribution in [-0.2, 0) is 4.79 Å². The molecule has 0 aliphatic heterocycles. The summed E-state index contributed by atoms with van der Waals surface area (Å²) in [5.41, 5.74) is 0. The maximum Gasteiger partial charge on any atom is 0.129 e. The van der Waals surface area contributed by atoms with E-state index in [1.165, 1.54) is 0 Å². The van der Waals surface area contributed by atoms with Crippen molar-refractivity contribution in [1.29, 1.82) is 0 Å². The van der Waals surface area contributed by atoms with Gasteiger partial charge in [-0.1, -0.05) is 56.4 Å². The lowest BCUT2D eigenvalue weighted by atomic mass is 10.0. The van der Waals surface area contributed by atoms with E-state index in [-0.39, 0.29) is 5.78 Å². The first-order chi connectivity index (χ1) is 9.06. The molecule has 0 N–H and O–H groups in total. The second kappa shape index (κ2) is 11.7. The first-order valence-corrected chi connectivity index (χ1v) is 7.18. The summed E-state index contributed by atoms with van der Waals surface area (Å²) in [6.07, 6.45) is 18.4. The molecule has 0 aliphatic rings. The third-order valence-electron chi connectivity index (χ3n) is 2.94. The maximum absolute atomic E-state index is 10.8. The molecule has 1 heteroatoms. The fourth-order valence-electron chi connectivity index (χ4n) is 1.75. The van der Waals surface area contributed by atoms with E-state index in [4.69, 9.17) is 0 Å². The SMILES string of the molecule is C=CCC(C)C=CC=CC=CC(C)CCCC(C)=O. The molecule has 2 atom stereocenters. The largest absolute Gasteiger partial charge is 0.300 e. The molecule has 0 aromatic rings. The van der Waals surface area contributed by atoms with Gasteiger partial charge in [0.1, 0.15) is 5.78 Å². The summed E-state index contributed by atoms with van der Waals surface area (Å²) >= 11 is 0. The van der Waals surface area contributed by atoms with Gasteiger partial charge in [0.25, 0.3) is 0 Å². The van der Waals surface area contributed by atoms with Gasteiger partial charge in [-0.2, -0.15) is 0 Å². The highest BCUT2D eigenvalue weighted by Crippen LogP contribution is 2.09. The Morgan fingerprint density at radius 1 is 1.05 bits per heavy atom. The summed E-state index contributed by atoms with van der Waals surface area (Å²) in [6.45, 7) is 9.75. The third kappa shape index (κ3) is 12.9. The Hall–Kier alpha value is -1.37. The molecular formula is C18H28O. The zero-order valence-corrected chi connectivity index (χ0v) is 12.6. The van der Waals surface area contributed by atoms with E-state index >= 15 is 0 Å². The predicted octanol–water partition coefficient (Wildman–Crippen LogP) is 5.26. The highest BCUT2D eigenvalue weighted by molar-refractivity contribution is 5.75. The summed E-state index contributed by atoms with van der Waals surface area (Å²) in [6, 6.07) is 0. The molecule has 19 heavy (non-hydrogen) atoms. The molecule has 0 rings (SSSR count). The van der Waals surface area contributed by atoms with Crippen molar-refractivity contribution in [2.24, 2.45) is 11.8 Å². The monoisotopic (exact) mass is 260 g/mol. The normalized spacial score (nSPS) is 15.3. The fraction of sp³-hybridized carbons (Fsp3) is 0.500. The van der Waals surface area contributed by atoms with Gasteiger partial charge in [0, 0.05) is 6.42 Å². The van der Waals surface area contributed by atoms with E-state index in [1.54, 1.807) is 6.92 Å². The fourth-order valence-corrected chi connectivity index (χ4v) is 1.75. The van der Waals surface area contributed by atoms with E-state index in [1.807, 2.05) is 6.08 Å². The second-order valence-corrected chi connectivity index (χ2v) is 5.23. The number of hydrogen-bond donors (Lipinski definition) is 0. The molecule has 0 amide bonds. The molecule has 1 nitrogen and oxygen atoms in total. The van der Waals surface area contributed by atoms with E-state index in [0.29, 0.717) is 18.3 Å². The minimum absolute atomic E-state index is 0.287. The number of carbonyl (C=O) groups excluding carboxylic acids is 1. The van der Waals surface area contributed by atoms with Crippen molar-refractivity contribution >= 4 is 5.78 Å². The molecule has 0 aliphatic carbocycles. The van der Waals surface area contributed by atoms with Crippen LogP contribution in [0.4, 0.5) is 0 Å². The Bertz CT molecular complexity index is 334. The highest BCUT2D eigenvalue weighted by atomic mass is 16.1. The van der Waals surface area contributed by atoms with Crippen LogP contribution in [0.25, 0.3) is 0 Å². The Labute approximate surface area is 118 Å². The van der Waals surface area contributed by atoms with Crippen LogP contribution in [0.2, 0.25) is 0 Å². The van der Waals surface area contributed by atoms with E-state index in [2.05, 4.69) is 56.9 Å². The molecule has 0 bridgehead atoms. The molecule has 0 spiro atoms. The molecule has 106 valence electrons. The Morgan fingerprint density at radius 2 is 1.63 bits per heavy atom. The number of carbonyl (C=O) groups is 1. The first kappa shape index (κ1) is 17.6. The van der Waals surface area contributed by atoms with Gasteiger partial charge < -0.3 is 4.79 Å². The minimum Gasteiger partial charge on any atom is -0.300 e. The average Bonchev–Trinajstić information content (AvgIpc) is 2.33. The summed E-state index contributed by atoms with van der Waals surface area (Å²) in [5.74, 6) is 1.37. The summed E-state index contributed by atoms with van der Waals surface area (Å²) in [5, 5.41) is 0. The van der Waals surface area contributed by atoms with Crippen molar-refractivity contribution in [2.75, 3.05) is 0 Å². The van der Waals surface area contributed by atoms with Gasteiger partial charge in [0.05, 0.1) is 0 Å². The van der Waals surface area contributed by atoms with Crippen molar-refractivity contribution in [3.05, 3.63) is 49.1 Å². The van der Waals surface area contributed by atoms with E-state index in [0.717, 1.165) is 19.3 Å². The molecule has 0 fully saturated rings. The number of ketones is 1. The molecule has 2 unspecified atom stereocenters. The Kier molecular flexibility index (Phi) is 10.9. The second-order valence-electron chi connectivity index (χ2n) is 5.23. The van der Waals surface area contributed by atoms with Crippen LogP contribution in [0.1, 0.15) is 46.5 Å². The Balaban J connectivity index is 3.81. The van der Waals surface area contributed by atoms with Crippen LogP contribution >= 0.6 is 0 Å². The quantitative estimate of drug-likeness (QED) is 0.386. The van der Waals surface area contributed by atoms with Crippen LogP contribution in [0.3, 0.4) is 0 Å². The molecule has 0 saturated heterocycles. The Morgan fingerprint density at radius 3 is 2.16 bits per heavy atom. The van der Waals surface area contributed by atoms with Gasteiger partial charge in [-0.3, -0.25) is 0 Å². The van der Waals surface area contributed by atoms with Crippen LogP contribution in [0.5, 0.6) is 0 Å². The summed E-state index contributed by atoms with van der Waals surface area (Å²) in [7, 11) is 0. The van der Waals surface area contributed by atoms with Crippen LogP contribution in [0, 0.1) is 11.8 Å². The van der Waals surface area contributed by atoms with Gasteiger partial charge in [-0.05, 0) is 38.0 Å². The number of hydrogen-bond acceptors (Lipinski definition) is 1. The molecular weight excluding hydrogens is 232 g/mol. The predicted molar refractivity (Wildman–Crippen MR) is 85.1 cm³/mol. The van der Waals surface area contributed by atoms with Crippen LogP contribution in [-0.4, -0.2) is 5.78 Å². The number of rotatable bonds is 10. The van der Waals surface area contributed by atoms with Crippen LogP contribution < -0.4 is 0 Å². The van der Waals surface area contributed by atoms with Crippen molar-refractivity contribution < 1.29 is 4.79 Å². The van der Waals surface area contributed by atoms with Crippen molar-refractivity contribution in [1.82, 2.24) is 0 Å². The smallest absolute Gasteiger partial charge is 0.129 e. The molecule has 0 saturated carbocycles. The standard InChI is InChI=1S/C18H28O/c1-5-11-16(2)12-8-6-7-9-13-17(3)14-10-15-18(4)19/h5-9,12-13,16-17H,1,10-11,14-15H2,2-4H3. The summed E-state index contributed by atoms with van der Waals surface area (Å²) in [4.78, 5) is 10.8. The van der Waals surface area contributed by atoms with Gasteiger partial charge in [0.15, 0.2) is 0 Å². The van der Waals surface area contributed by atoms with Gasteiger partial charge in [-0.25, -0.2) is 0 Å². The van der Waals surface area contributed by atoms with Gasteiger partial charge in [-0.15, -0.1) is 6.58 Å². The van der Waals surface area contributed by atoms with Crippen LogP contribution in [0.15, 0.2) is 49.1 Å². The average molecular weight is 260 g/mol. The maximum atomic E-state index is 10.8. The lowest BCUT2D eigenvalue weighted by Crippen LogP contribution is -1.94. The number of Topliss-reactive ketones (excluding diaryl/α,β-unsaturated/α-hetero) is 1. The van der Waals surface area contributed by atoms with Gasteiger partial charge >= 0.3 is 0 Å². The molecule has 0 heterocycles. The molecule has 0 aromatic carbocycles. The van der Waals surface area contributed by atoms with Gasteiger partial charge in [0.2, 0.25) is 0 Å². The first-order valence-electron chi connectivity index (χ1n) is 7.18.